The lowest BCUT2D eigenvalue weighted by atomic mass is 10.0. The summed E-state index contributed by atoms with van der Waals surface area (Å²) in [7, 11) is 0. The van der Waals surface area contributed by atoms with Gasteiger partial charge in [0, 0.05) is 5.56 Å². The Kier molecular flexibility index (Phi) is 4.05. The van der Waals surface area contributed by atoms with Gasteiger partial charge in [-0.05, 0) is 26.3 Å². The number of carbonyl (C=O) groups excluding carboxylic acids is 1. The third kappa shape index (κ3) is 2.82. The minimum Gasteiger partial charge on any atom is -0.458 e. The average Bonchev–Trinajstić information content (AvgIpc) is 2.20. The molecule has 0 radical (unpaired) electrons. The maximum absolute atomic E-state index is 11.6. The fourth-order valence-corrected chi connectivity index (χ4v) is 1.31. The molecule has 1 N–H and O–H groups in total. The second-order valence-electron chi connectivity index (χ2n) is 3.72. The maximum Gasteiger partial charge on any atom is 0.361 e. The lowest BCUT2D eigenvalue weighted by Gasteiger charge is -2.10. The van der Waals surface area contributed by atoms with Gasteiger partial charge in [0.1, 0.15) is 0 Å². The monoisotopic (exact) mass is 221 g/mol. The topological polar surface area (TPSA) is 58.9 Å². The molecule has 1 aromatic rings. The van der Waals surface area contributed by atoms with Crippen LogP contribution in [0, 0.1) is 6.92 Å². The molecule has 0 aliphatic rings. The maximum atomic E-state index is 11.6. The molecule has 0 fully saturated rings. The van der Waals surface area contributed by atoms with E-state index in [0.29, 0.717) is 5.56 Å². The zero-order valence-electron chi connectivity index (χ0n) is 9.60. The van der Waals surface area contributed by atoms with E-state index in [1.54, 1.807) is 26.0 Å². The normalized spacial score (nSPS) is 11.6. The van der Waals surface area contributed by atoms with Gasteiger partial charge in [0.05, 0.1) is 6.10 Å². The number of hydrogen-bond acceptors (Lipinski definition) is 4. The summed E-state index contributed by atoms with van der Waals surface area (Å²) < 4.78 is 4.98. The van der Waals surface area contributed by atoms with Crippen LogP contribution in [0.25, 0.3) is 0 Å². The van der Waals surface area contributed by atoms with Crippen LogP contribution in [-0.4, -0.2) is 23.0 Å². The van der Waals surface area contributed by atoms with Crippen LogP contribution in [0.3, 0.4) is 0 Å². The molecule has 0 atom stereocenters. The third-order valence-corrected chi connectivity index (χ3v) is 2.04. The highest BCUT2D eigenvalue weighted by Gasteiger charge is 2.19. The van der Waals surface area contributed by atoms with Crippen molar-refractivity contribution in [2.24, 2.45) is 5.16 Å². The van der Waals surface area contributed by atoms with Crippen molar-refractivity contribution in [2.45, 2.75) is 26.9 Å². The van der Waals surface area contributed by atoms with E-state index < -0.39 is 5.97 Å². The van der Waals surface area contributed by atoms with Gasteiger partial charge in [-0.1, -0.05) is 29.4 Å². The van der Waals surface area contributed by atoms with Crippen molar-refractivity contribution in [3.63, 3.8) is 0 Å². The zero-order chi connectivity index (χ0) is 12.1. The Hall–Kier alpha value is -1.84. The van der Waals surface area contributed by atoms with E-state index in [1.165, 1.54) is 0 Å². The van der Waals surface area contributed by atoms with E-state index in [0.717, 1.165) is 5.56 Å². The van der Waals surface area contributed by atoms with E-state index in [2.05, 4.69) is 5.16 Å². The molecule has 0 amide bonds. The second-order valence-corrected chi connectivity index (χ2v) is 3.72. The zero-order valence-corrected chi connectivity index (χ0v) is 9.60. The van der Waals surface area contributed by atoms with Crippen LogP contribution in [0.2, 0.25) is 0 Å². The Labute approximate surface area is 94.5 Å². The smallest absolute Gasteiger partial charge is 0.361 e. The highest BCUT2D eigenvalue weighted by molar-refractivity contribution is 6.43. The van der Waals surface area contributed by atoms with Gasteiger partial charge >= 0.3 is 5.97 Å². The first-order valence-electron chi connectivity index (χ1n) is 5.05. The predicted octanol–water partition coefficient (Wildman–Crippen LogP) is 2.12. The van der Waals surface area contributed by atoms with Crippen LogP contribution in [0.1, 0.15) is 25.0 Å². The molecule has 86 valence electrons. The van der Waals surface area contributed by atoms with Crippen molar-refractivity contribution in [2.75, 3.05) is 0 Å². The number of aryl methyl sites for hydroxylation is 1. The molecule has 0 aliphatic heterocycles. The Morgan fingerprint density at radius 1 is 1.38 bits per heavy atom. The van der Waals surface area contributed by atoms with Crippen LogP contribution in [0.5, 0.6) is 0 Å². The standard InChI is InChI=1S/C12H15NO3/c1-8(2)16-12(14)11(13-15)10-7-5-4-6-9(10)3/h4-8,15H,1-3H3. The number of ether oxygens (including phenoxy) is 1. The molecule has 4 nitrogen and oxygen atoms in total. The summed E-state index contributed by atoms with van der Waals surface area (Å²) in [6.45, 7) is 5.32. The molecule has 1 rings (SSSR count). The van der Waals surface area contributed by atoms with E-state index in [4.69, 9.17) is 9.94 Å². The first-order valence-corrected chi connectivity index (χ1v) is 5.05. The summed E-state index contributed by atoms with van der Waals surface area (Å²) in [5.41, 5.74) is 1.37. The predicted molar refractivity (Wildman–Crippen MR) is 60.7 cm³/mol. The van der Waals surface area contributed by atoms with Crippen molar-refractivity contribution in [3.05, 3.63) is 35.4 Å². The number of hydrogen-bond donors (Lipinski definition) is 1. The Morgan fingerprint density at radius 2 is 2.00 bits per heavy atom. The van der Waals surface area contributed by atoms with Gasteiger partial charge in [0.15, 0.2) is 5.71 Å². The van der Waals surface area contributed by atoms with Gasteiger partial charge < -0.3 is 9.94 Å². The third-order valence-electron chi connectivity index (χ3n) is 2.04. The molecular formula is C12H15NO3. The van der Waals surface area contributed by atoms with Gasteiger partial charge in [0.2, 0.25) is 0 Å². The molecule has 0 spiro atoms. The SMILES string of the molecule is Cc1ccccc1C(=NO)C(=O)OC(C)C. The average molecular weight is 221 g/mol. The summed E-state index contributed by atoms with van der Waals surface area (Å²) in [5, 5.41) is 11.9. The second kappa shape index (κ2) is 5.30. The molecule has 0 aromatic heterocycles. The molecule has 4 heteroatoms. The van der Waals surface area contributed by atoms with E-state index >= 15 is 0 Å². The van der Waals surface area contributed by atoms with Gasteiger partial charge in [-0.2, -0.15) is 0 Å². The molecule has 0 aliphatic carbocycles. The van der Waals surface area contributed by atoms with Crippen molar-refractivity contribution in [1.29, 1.82) is 0 Å². The fourth-order valence-electron chi connectivity index (χ4n) is 1.31. The van der Waals surface area contributed by atoms with Gasteiger partial charge in [-0.3, -0.25) is 0 Å². The Bertz CT molecular complexity index is 410. The number of oxime groups is 1. The summed E-state index contributed by atoms with van der Waals surface area (Å²) in [6.07, 6.45) is -0.242. The molecule has 0 saturated heterocycles. The molecule has 0 unspecified atom stereocenters. The first kappa shape index (κ1) is 12.2. The van der Waals surface area contributed by atoms with E-state index in [9.17, 15) is 4.79 Å². The minimum absolute atomic E-state index is 0.0631. The summed E-state index contributed by atoms with van der Waals surface area (Å²) in [4.78, 5) is 11.6. The van der Waals surface area contributed by atoms with Crippen molar-refractivity contribution < 1.29 is 14.7 Å². The number of nitrogens with zero attached hydrogens (tertiary/aromatic N) is 1. The van der Waals surface area contributed by atoms with Crippen molar-refractivity contribution in [1.82, 2.24) is 0 Å². The lowest BCUT2D eigenvalue weighted by Crippen LogP contribution is -2.22. The summed E-state index contributed by atoms with van der Waals surface area (Å²) in [5.74, 6) is -0.619. The summed E-state index contributed by atoms with van der Waals surface area (Å²) in [6, 6.07) is 7.17. The molecule has 0 bridgehead atoms. The van der Waals surface area contributed by atoms with Crippen LogP contribution in [-0.2, 0) is 9.53 Å². The van der Waals surface area contributed by atoms with E-state index in [-0.39, 0.29) is 11.8 Å². The van der Waals surface area contributed by atoms with Gasteiger partial charge in [-0.15, -0.1) is 0 Å². The highest BCUT2D eigenvalue weighted by Crippen LogP contribution is 2.10. The lowest BCUT2D eigenvalue weighted by molar-refractivity contribution is -0.139. The van der Waals surface area contributed by atoms with Crippen LogP contribution in [0.4, 0.5) is 0 Å². The number of rotatable bonds is 3. The Balaban J connectivity index is 3.01. The molecular weight excluding hydrogens is 206 g/mol. The van der Waals surface area contributed by atoms with Crippen LogP contribution >= 0.6 is 0 Å². The number of esters is 1. The van der Waals surface area contributed by atoms with Crippen LogP contribution in [0.15, 0.2) is 29.4 Å². The molecule has 16 heavy (non-hydrogen) atoms. The first-order chi connectivity index (χ1) is 7.56. The fraction of sp³-hybridized carbons (Fsp3) is 0.333. The van der Waals surface area contributed by atoms with Gasteiger partial charge in [0.25, 0.3) is 0 Å². The Morgan fingerprint density at radius 3 is 2.50 bits per heavy atom. The minimum atomic E-state index is -0.619. The van der Waals surface area contributed by atoms with Gasteiger partial charge in [-0.25, -0.2) is 4.79 Å². The largest absolute Gasteiger partial charge is 0.458 e. The molecule has 0 heterocycles. The molecule has 0 saturated carbocycles. The number of benzene rings is 1. The van der Waals surface area contributed by atoms with Crippen LogP contribution < -0.4 is 0 Å². The van der Waals surface area contributed by atoms with Crippen molar-refractivity contribution >= 4 is 11.7 Å². The summed E-state index contributed by atoms with van der Waals surface area (Å²) >= 11 is 0. The number of carbonyl (C=O) groups is 1. The molecule has 1 aromatic carbocycles. The van der Waals surface area contributed by atoms with E-state index in [1.807, 2.05) is 19.1 Å². The highest BCUT2D eigenvalue weighted by atomic mass is 16.5. The van der Waals surface area contributed by atoms with Crippen molar-refractivity contribution in [3.8, 4) is 0 Å². The quantitative estimate of drug-likeness (QED) is 0.368.